The molecule has 1 aromatic heterocycles. The fourth-order valence-corrected chi connectivity index (χ4v) is 2.46. The van der Waals surface area contributed by atoms with Gasteiger partial charge in [0.1, 0.15) is 6.26 Å². The Morgan fingerprint density at radius 3 is 2.85 bits per heavy atom. The topological polar surface area (TPSA) is 44.5 Å². The van der Waals surface area contributed by atoms with E-state index in [0.717, 1.165) is 37.6 Å². The van der Waals surface area contributed by atoms with Crippen LogP contribution in [0.4, 0.5) is 17.4 Å². The van der Waals surface area contributed by atoms with Crippen molar-refractivity contribution < 1.29 is 4.42 Å². The maximum atomic E-state index is 5.65. The first-order chi connectivity index (χ1) is 9.79. The van der Waals surface area contributed by atoms with Crippen molar-refractivity contribution in [2.24, 2.45) is 0 Å². The molecule has 5 heteroatoms. The maximum Gasteiger partial charge on any atom is 0.302 e. The van der Waals surface area contributed by atoms with Crippen molar-refractivity contribution in [2.75, 3.05) is 36.5 Å². The normalized spacial score (nSPS) is 14.5. The predicted octanol–water partition coefficient (Wildman–Crippen LogP) is 2.37. The summed E-state index contributed by atoms with van der Waals surface area (Å²) in [4.78, 5) is 8.98. The molecule has 1 aromatic carbocycles. The van der Waals surface area contributed by atoms with E-state index in [9.17, 15) is 0 Å². The van der Waals surface area contributed by atoms with Crippen LogP contribution in [0.25, 0.3) is 0 Å². The van der Waals surface area contributed by atoms with Crippen molar-refractivity contribution in [3.63, 3.8) is 0 Å². The number of benzene rings is 1. The van der Waals surface area contributed by atoms with Gasteiger partial charge in [-0.15, -0.1) is 0 Å². The molecule has 0 atom stereocenters. The molecule has 20 heavy (non-hydrogen) atoms. The van der Waals surface area contributed by atoms with Gasteiger partial charge in [-0.2, -0.15) is 4.98 Å². The molecule has 0 unspecified atom stereocenters. The third-order valence-corrected chi connectivity index (χ3v) is 3.57. The molecule has 2 aromatic rings. The summed E-state index contributed by atoms with van der Waals surface area (Å²) in [6.45, 7) is 5.60. The van der Waals surface area contributed by atoms with E-state index in [1.807, 2.05) is 6.07 Å². The molecule has 3 rings (SSSR count). The molecule has 0 saturated carbocycles. The number of para-hydroxylation sites is 2. The monoisotopic (exact) mass is 272 g/mol. The predicted molar refractivity (Wildman–Crippen MR) is 80.6 cm³/mol. The van der Waals surface area contributed by atoms with E-state index in [1.165, 1.54) is 5.69 Å². The molecule has 1 aliphatic heterocycles. The number of fused-ring (bicyclic) bond motifs is 1. The third kappa shape index (κ3) is 2.36. The SMILES string of the molecule is CCNCc1coc(N2CCN(C)c3ccccc32)n1. The van der Waals surface area contributed by atoms with Gasteiger partial charge in [-0.25, -0.2) is 0 Å². The molecular formula is C15H20N4O. The Hall–Kier alpha value is -2.01. The van der Waals surface area contributed by atoms with Crippen LogP contribution < -0.4 is 15.1 Å². The quantitative estimate of drug-likeness (QED) is 0.925. The van der Waals surface area contributed by atoms with Gasteiger partial charge in [-0.1, -0.05) is 19.1 Å². The van der Waals surface area contributed by atoms with E-state index in [4.69, 9.17) is 4.42 Å². The van der Waals surface area contributed by atoms with Crippen LogP contribution in [0.15, 0.2) is 34.9 Å². The lowest BCUT2D eigenvalue weighted by molar-refractivity contribution is 0.547. The highest BCUT2D eigenvalue weighted by atomic mass is 16.4. The number of likely N-dealkylation sites (N-methyl/N-ethyl adjacent to an activating group) is 1. The molecule has 1 N–H and O–H groups in total. The van der Waals surface area contributed by atoms with Gasteiger partial charge in [0.15, 0.2) is 0 Å². The fraction of sp³-hybridized carbons (Fsp3) is 0.400. The molecule has 0 radical (unpaired) electrons. The minimum atomic E-state index is 0.679. The average Bonchev–Trinajstić information content (AvgIpc) is 2.94. The zero-order valence-corrected chi connectivity index (χ0v) is 12.0. The second-order valence-corrected chi connectivity index (χ2v) is 4.96. The standard InChI is InChI=1S/C15H20N4O/c1-3-16-10-12-11-20-15(17-12)19-9-8-18(2)13-6-4-5-7-14(13)19/h4-7,11,16H,3,8-10H2,1-2H3. The van der Waals surface area contributed by atoms with Crippen molar-refractivity contribution in [1.29, 1.82) is 0 Å². The van der Waals surface area contributed by atoms with Crippen molar-refractivity contribution in [3.8, 4) is 0 Å². The van der Waals surface area contributed by atoms with Gasteiger partial charge in [-0.3, -0.25) is 4.90 Å². The van der Waals surface area contributed by atoms with Gasteiger partial charge in [0.05, 0.1) is 17.1 Å². The molecule has 0 amide bonds. The zero-order valence-electron chi connectivity index (χ0n) is 12.0. The van der Waals surface area contributed by atoms with Gasteiger partial charge in [0.2, 0.25) is 0 Å². The lowest BCUT2D eigenvalue weighted by Crippen LogP contribution is -2.36. The Labute approximate surface area is 119 Å². The van der Waals surface area contributed by atoms with Crippen molar-refractivity contribution in [2.45, 2.75) is 13.5 Å². The summed E-state index contributed by atoms with van der Waals surface area (Å²) in [5.74, 6) is 0. The smallest absolute Gasteiger partial charge is 0.302 e. The third-order valence-electron chi connectivity index (χ3n) is 3.57. The molecule has 2 heterocycles. The Morgan fingerprint density at radius 2 is 2.05 bits per heavy atom. The number of oxazole rings is 1. The summed E-state index contributed by atoms with van der Waals surface area (Å²) in [5.41, 5.74) is 3.31. The summed E-state index contributed by atoms with van der Waals surface area (Å²) < 4.78 is 5.65. The van der Waals surface area contributed by atoms with Gasteiger partial charge < -0.3 is 14.6 Å². The molecule has 106 valence electrons. The minimum Gasteiger partial charge on any atom is -0.431 e. The van der Waals surface area contributed by atoms with Crippen LogP contribution in [0.3, 0.4) is 0 Å². The second-order valence-electron chi connectivity index (χ2n) is 4.96. The highest BCUT2D eigenvalue weighted by Crippen LogP contribution is 2.36. The van der Waals surface area contributed by atoms with Gasteiger partial charge in [0.25, 0.3) is 0 Å². The molecule has 0 spiro atoms. The fourth-order valence-electron chi connectivity index (χ4n) is 2.46. The van der Waals surface area contributed by atoms with Crippen LogP contribution in [0.2, 0.25) is 0 Å². The number of hydrogen-bond acceptors (Lipinski definition) is 5. The Morgan fingerprint density at radius 1 is 1.25 bits per heavy atom. The van der Waals surface area contributed by atoms with Crippen LogP contribution in [0, 0.1) is 0 Å². The van der Waals surface area contributed by atoms with Gasteiger partial charge in [0, 0.05) is 26.7 Å². The summed E-state index contributed by atoms with van der Waals surface area (Å²) in [6.07, 6.45) is 1.74. The largest absolute Gasteiger partial charge is 0.431 e. The van der Waals surface area contributed by atoms with E-state index in [1.54, 1.807) is 6.26 Å². The van der Waals surface area contributed by atoms with Gasteiger partial charge in [-0.05, 0) is 18.7 Å². The van der Waals surface area contributed by atoms with Crippen LogP contribution >= 0.6 is 0 Å². The molecular weight excluding hydrogens is 252 g/mol. The molecule has 0 fully saturated rings. The molecule has 0 saturated heterocycles. The summed E-state index contributed by atoms with van der Waals surface area (Å²) in [5, 5.41) is 3.26. The Kier molecular flexibility index (Phi) is 3.60. The first-order valence-electron chi connectivity index (χ1n) is 7.02. The summed E-state index contributed by atoms with van der Waals surface area (Å²) in [6, 6.07) is 9.03. The van der Waals surface area contributed by atoms with E-state index in [2.05, 4.69) is 52.3 Å². The van der Waals surface area contributed by atoms with Crippen LogP contribution in [0.5, 0.6) is 0 Å². The van der Waals surface area contributed by atoms with Crippen molar-refractivity contribution in [3.05, 3.63) is 36.2 Å². The second kappa shape index (κ2) is 5.54. The summed E-state index contributed by atoms with van der Waals surface area (Å²) >= 11 is 0. The number of rotatable bonds is 4. The van der Waals surface area contributed by atoms with Gasteiger partial charge >= 0.3 is 6.01 Å². The number of aromatic nitrogens is 1. The lowest BCUT2D eigenvalue weighted by atomic mass is 10.2. The zero-order chi connectivity index (χ0) is 13.9. The van der Waals surface area contributed by atoms with Crippen LogP contribution in [-0.4, -0.2) is 31.7 Å². The van der Waals surface area contributed by atoms with Crippen molar-refractivity contribution >= 4 is 17.4 Å². The van der Waals surface area contributed by atoms with E-state index >= 15 is 0 Å². The lowest BCUT2D eigenvalue weighted by Gasteiger charge is -2.34. The highest BCUT2D eigenvalue weighted by Gasteiger charge is 2.24. The van der Waals surface area contributed by atoms with E-state index in [0.29, 0.717) is 6.01 Å². The molecule has 0 bridgehead atoms. The highest BCUT2D eigenvalue weighted by molar-refractivity contribution is 5.76. The first kappa shape index (κ1) is 13.0. The van der Waals surface area contributed by atoms with Crippen molar-refractivity contribution in [1.82, 2.24) is 10.3 Å². The van der Waals surface area contributed by atoms with E-state index in [-0.39, 0.29) is 0 Å². The first-order valence-corrected chi connectivity index (χ1v) is 7.02. The average molecular weight is 272 g/mol. The molecule has 5 nitrogen and oxygen atoms in total. The Balaban J connectivity index is 1.87. The van der Waals surface area contributed by atoms with Crippen LogP contribution in [0.1, 0.15) is 12.6 Å². The molecule has 1 aliphatic rings. The number of anilines is 3. The number of nitrogens with zero attached hydrogens (tertiary/aromatic N) is 3. The number of hydrogen-bond donors (Lipinski definition) is 1. The van der Waals surface area contributed by atoms with E-state index < -0.39 is 0 Å². The number of nitrogens with one attached hydrogen (secondary N) is 1. The Bertz CT molecular complexity index is 581. The summed E-state index contributed by atoms with van der Waals surface area (Å²) in [7, 11) is 2.11. The minimum absolute atomic E-state index is 0.679. The maximum absolute atomic E-state index is 5.65. The molecule has 0 aliphatic carbocycles. The van der Waals surface area contributed by atoms with Crippen LogP contribution in [-0.2, 0) is 6.54 Å².